The van der Waals surface area contributed by atoms with Crippen LogP contribution in [-0.4, -0.2) is 8.80 Å². The fraction of sp³-hybridized carbons (Fsp3) is 0.211. The summed E-state index contributed by atoms with van der Waals surface area (Å²) in [4.78, 5) is 0. The van der Waals surface area contributed by atoms with E-state index < -0.39 is 23.5 Å². The van der Waals surface area contributed by atoms with Crippen LogP contribution in [0.4, 0.5) is 0 Å². The second-order valence-corrected chi connectivity index (χ2v) is 15.8. The zero-order valence-corrected chi connectivity index (χ0v) is 18.4. The van der Waals surface area contributed by atoms with Gasteiger partial charge in [0.15, 0.2) is 0 Å². The Balaban J connectivity index is 0.000000471. The third kappa shape index (κ3) is 5.98. The minimum absolute atomic E-state index is 0.644. The van der Waals surface area contributed by atoms with Gasteiger partial charge < -0.3 is 0 Å². The van der Waals surface area contributed by atoms with Crippen molar-refractivity contribution in [1.29, 1.82) is 0 Å². The monoisotopic (exact) mass is 429 g/mol. The van der Waals surface area contributed by atoms with Crippen molar-refractivity contribution >= 4 is 57.9 Å². The Morgan fingerprint density at radius 1 is 0.917 bits per heavy atom. The molecule has 0 spiro atoms. The average Bonchev–Trinajstić information content (AvgIpc) is 3.00. The topological polar surface area (TPSA) is 0 Å². The van der Waals surface area contributed by atoms with E-state index >= 15 is 0 Å². The molecule has 0 saturated carbocycles. The second kappa shape index (κ2) is 10.8. The molecular weight excluding hydrogens is 411 g/mol. The van der Waals surface area contributed by atoms with Crippen molar-refractivity contribution in [3.05, 3.63) is 66.7 Å². The normalized spacial score (nSPS) is 10.5. The van der Waals surface area contributed by atoms with Crippen molar-refractivity contribution in [1.82, 2.24) is 0 Å². The Labute approximate surface area is 164 Å². The van der Waals surface area contributed by atoms with Crippen LogP contribution in [0.15, 0.2) is 66.7 Å². The molecule has 0 unspecified atom stereocenters. The zero-order valence-electron chi connectivity index (χ0n) is 13.6. The maximum absolute atomic E-state index is 4.97. The average molecular weight is 431 g/mol. The van der Waals surface area contributed by atoms with Gasteiger partial charge in [0.1, 0.15) is 0 Å². The van der Waals surface area contributed by atoms with Crippen LogP contribution >= 0.6 is 27.9 Å². The van der Waals surface area contributed by atoms with Crippen molar-refractivity contribution in [2.75, 3.05) is 0 Å². The van der Waals surface area contributed by atoms with Gasteiger partial charge in [0.05, 0.1) is 8.80 Å². The van der Waals surface area contributed by atoms with Gasteiger partial charge in [-0.05, 0) is 0 Å². The molecule has 3 aromatic rings. The molecule has 0 aliphatic carbocycles. The molecule has 0 amide bonds. The van der Waals surface area contributed by atoms with Crippen molar-refractivity contribution in [3.63, 3.8) is 0 Å². The van der Waals surface area contributed by atoms with Gasteiger partial charge in [0, 0.05) is 0 Å². The summed E-state index contributed by atoms with van der Waals surface area (Å²) in [6.45, 7) is 2.29. The number of unbranched alkanes of at least 4 members (excludes halogenated alkanes) is 1. The van der Waals surface area contributed by atoms with Crippen LogP contribution in [0.5, 0.6) is 0 Å². The van der Waals surface area contributed by atoms with Gasteiger partial charge in [0.2, 0.25) is 0 Å². The molecule has 0 atom stereocenters. The van der Waals surface area contributed by atoms with Crippen molar-refractivity contribution in [2.45, 2.75) is 25.8 Å². The van der Waals surface area contributed by atoms with Crippen LogP contribution in [0.3, 0.4) is 0 Å². The fourth-order valence-corrected chi connectivity index (χ4v) is 5.85. The first-order valence-corrected chi connectivity index (χ1v) is 16.2. The first-order valence-electron chi connectivity index (χ1n) is 8.03. The van der Waals surface area contributed by atoms with E-state index in [9.17, 15) is 0 Å². The van der Waals surface area contributed by atoms with E-state index in [1.807, 2.05) is 0 Å². The van der Waals surface area contributed by atoms with E-state index in [1.165, 1.54) is 29.7 Å². The van der Waals surface area contributed by atoms with E-state index in [0.29, 0.717) is 0 Å². The summed E-state index contributed by atoms with van der Waals surface area (Å²) < 4.78 is 0. The Morgan fingerprint density at radius 2 is 1.54 bits per heavy atom. The van der Waals surface area contributed by atoms with Crippen molar-refractivity contribution < 1.29 is 14.7 Å². The van der Waals surface area contributed by atoms with E-state index in [1.54, 1.807) is 10.4 Å². The van der Waals surface area contributed by atoms with Crippen molar-refractivity contribution in [2.24, 2.45) is 0 Å². The molecule has 0 nitrogen and oxygen atoms in total. The zero-order chi connectivity index (χ0) is 17.4. The van der Waals surface area contributed by atoms with E-state index in [-0.39, 0.29) is 0 Å². The molecule has 24 heavy (non-hydrogen) atoms. The van der Waals surface area contributed by atoms with Gasteiger partial charge in [-0.2, -0.15) is 12.1 Å². The Bertz CT molecular complexity index is 725. The summed E-state index contributed by atoms with van der Waals surface area (Å²) in [5.41, 5.74) is 0. The molecule has 0 saturated heterocycles. The summed E-state index contributed by atoms with van der Waals surface area (Å²) in [7, 11) is 14.3. The third-order valence-corrected chi connectivity index (χ3v) is 6.88. The third-order valence-electron chi connectivity index (χ3n) is 3.91. The van der Waals surface area contributed by atoms with Crippen LogP contribution in [0, 0.1) is 0 Å². The van der Waals surface area contributed by atoms with Gasteiger partial charge in [0.25, 0.3) is 0 Å². The van der Waals surface area contributed by atoms with E-state index in [4.69, 9.17) is 27.9 Å². The number of hydrogen-bond donors (Lipinski definition) is 0. The van der Waals surface area contributed by atoms with Crippen LogP contribution in [-0.2, 0) is 14.7 Å². The number of rotatable bonds is 5. The number of fused-ring (bicyclic) bond motifs is 1. The standard InChI is InChI=1S/C19H20Si.3ClH.Ti/c1-2-3-15-20(17-10-5-4-6-11-17)19-14-13-16-9-7-8-12-18(16)19;;;;/h4-14H,2-3,15H2,1H3;3*1H;/q-1;;;;+4/p-3. The van der Waals surface area contributed by atoms with Crippen LogP contribution < -0.4 is 10.4 Å². The molecule has 5 heteroatoms. The minimum atomic E-state index is -1.92. The summed E-state index contributed by atoms with van der Waals surface area (Å²) in [6, 6.07) is 25.9. The second-order valence-electron chi connectivity index (χ2n) is 5.50. The molecule has 1 radical (unpaired) electrons. The Morgan fingerprint density at radius 3 is 2.21 bits per heavy atom. The fourth-order valence-electron chi connectivity index (χ4n) is 2.84. The molecule has 0 bridgehead atoms. The van der Waals surface area contributed by atoms with Crippen molar-refractivity contribution in [3.8, 4) is 0 Å². The summed E-state index contributed by atoms with van der Waals surface area (Å²) in [5.74, 6) is 0. The molecule has 0 fully saturated rings. The predicted molar refractivity (Wildman–Crippen MR) is 108 cm³/mol. The SMILES string of the molecule is CCCC[Si](c1ccccc1)[c-]1ccc2ccccc21.[Cl][Ti+]([Cl])[Cl]. The van der Waals surface area contributed by atoms with Gasteiger partial charge in [-0.15, -0.1) is 34.2 Å². The number of hydrogen-bond acceptors (Lipinski definition) is 0. The molecule has 0 aromatic heterocycles. The van der Waals surface area contributed by atoms with Gasteiger partial charge in [-0.1, -0.05) is 67.4 Å². The van der Waals surface area contributed by atoms with Gasteiger partial charge in [-0.3, -0.25) is 0 Å². The molecule has 0 aliphatic rings. The van der Waals surface area contributed by atoms with E-state index in [2.05, 4.69) is 73.7 Å². The Hall–Kier alpha value is -0.149. The van der Waals surface area contributed by atoms with Crippen LogP contribution in [0.25, 0.3) is 10.8 Å². The molecule has 3 aromatic carbocycles. The summed E-state index contributed by atoms with van der Waals surface area (Å²) in [6.07, 6.45) is 2.60. The number of benzene rings is 2. The summed E-state index contributed by atoms with van der Waals surface area (Å²) >= 11 is -1.92. The molecule has 3 rings (SSSR count). The summed E-state index contributed by atoms with van der Waals surface area (Å²) in [5, 5.41) is 5.98. The van der Waals surface area contributed by atoms with Crippen LogP contribution in [0.2, 0.25) is 6.04 Å². The molecule has 0 N–H and O–H groups in total. The first kappa shape index (κ1) is 20.2. The van der Waals surface area contributed by atoms with Gasteiger partial charge in [-0.25, -0.2) is 0 Å². The first-order chi connectivity index (χ1) is 11.6. The maximum atomic E-state index is 4.97. The molecule has 125 valence electrons. The van der Waals surface area contributed by atoms with E-state index in [0.717, 1.165) is 0 Å². The number of halogens is 3. The van der Waals surface area contributed by atoms with Crippen LogP contribution in [0.1, 0.15) is 19.8 Å². The van der Waals surface area contributed by atoms with Gasteiger partial charge >= 0.3 is 42.6 Å². The predicted octanol–water partition coefficient (Wildman–Crippen LogP) is 6.03. The molecule has 0 heterocycles. The molecular formula is C19H20Cl3SiTi. The Kier molecular flexibility index (Phi) is 9.04. The quantitative estimate of drug-likeness (QED) is 0.342. The molecule has 0 aliphatic heterocycles.